The Morgan fingerprint density at radius 3 is 1.96 bits per heavy atom. The lowest BCUT2D eigenvalue weighted by Crippen LogP contribution is -2.46. The molecule has 0 saturated heterocycles. The summed E-state index contributed by atoms with van der Waals surface area (Å²) >= 11 is 0. The van der Waals surface area contributed by atoms with Gasteiger partial charge in [-0.05, 0) is 35.3 Å². The molecule has 0 aromatic heterocycles. The fourth-order valence-corrected chi connectivity index (χ4v) is 7.31. The van der Waals surface area contributed by atoms with E-state index in [1.165, 1.54) is 0 Å². The Balaban J connectivity index is 1.66. The van der Waals surface area contributed by atoms with E-state index < -0.39 is 21.5 Å². The van der Waals surface area contributed by atoms with E-state index in [0.717, 1.165) is 17.5 Å². The van der Waals surface area contributed by atoms with Gasteiger partial charge in [-0.3, -0.25) is 4.79 Å². The Morgan fingerprint density at radius 2 is 1.54 bits per heavy atom. The number of fused-ring (bicyclic) bond motifs is 2. The molecule has 0 amide bonds. The summed E-state index contributed by atoms with van der Waals surface area (Å²) in [5.74, 6) is 0.294. The summed E-state index contributed by atoms with van der Waals surface area (Å²) in [6.45, 7) is 4.13. The molecule has 2 saturated carbocycles. The van der Waals surface area contributed by atoms with Crippen molar-refractivity contribution in [2.45, 2.75) is 39.2 Å². The first-order valence-corrected chi connectivity index (χ1v) is 11.5. The second kappa shape index (κ2) is 6.82. The predicted octanol–water partition coefficient (Wildman–Crippen LogP) is 4.09. The highest BCUT2D eigenvalue weighted by Gasteiger charge is 2.65. The second-order valence-electron chi connectivity index (χ2n) is 8.80. The Labute approximate surface area is 167 Å². The molecule has 0 spiro atoms. The quantitative estimate of drug-likeness (QED) is 0.798. The van der Waals surface area contributed by atoms with Gasteiger partial charge < -0.3 is 0 Å². The molecule has 4 rings (SSSR count). The number of hydrogen-bond donors (Lipinski definition) is 1. The molecule has 2 aromatic carbocycles. The molecule has 5 heteroatoms. The number of hydrogen-bond acceptors (Lipinski definition) is 3. The third-order valence-electron chi connectivity index (χ3n) is 7.14. The number of sulfonamides is 1. The van der Waals surface area contributed by atoms with Crippen LogP contribution >= 0.6 is 0 Å². The van der Waals surface area contributed by atoms with Crippen molar-refractivity contribution >= 4 is 15.8 Å². The van der Waals surface area contributed by atoms with E-state index in [1.807, 2.05) is 60.7 Å². The van der Waals surface area contributed by atoms with Crippen LogP contribution in [0, 0.1) is 16.7 Å². The van der Waals surface area contributed by atoms with Crippen LogP contribution in [0.1, 0.15) is 50.3 Å². The maximum Gasteiger partial charge on any atom is 0.213 e. The van der Waals surface area contributed by atoms with Crippen LogP contribution in [-0.2, 0) is 14.8 Å². The Kier molecular flexibility index (Phi) is 4.71. The number of rotatable bonds is 6. The minimum Gasteiger partial charge on any atom is -0.299 e. The highest BCUT2D eigenvalue weighted by atomic mass is 32.2. The number of ketones is 1. The van der Waals surface area contributed by atoms with Crippen molar-refractivity contribution in [1.82, 2.24) is 4.72 Å². The van der Waals surface area contributed by atoms with E-state index in [1.54, 1.807) is 0 Å². The molecule has 0 radical (unpaired) electrons. The number of Topliss-reactive ketones (excluding diaryl/α,β-unsaturated/α-hetero) is 1. The largest absolute Gasteiger partial charge is 0.299 e. The molecule has 2 fully saturated rings. The van der Waals surface area contributed by atoms with Gasteiger partial charge in [0, 0.05) is 11.8 Å². The molecular formula is C23H27NO3S. The maximum atomic E-state index is 13.3. The minimum absolute atomic E-state index is 0.120. The van der Waals surface area contributed by atoms with Gasteiger partial charge in [-0.25, -0.2) is 13.1 Å². The first kappa shape index (κ1) is 19.3. The van der Waals surface area contributed by atoms with Gasteiger partial charge in [-0.1, -0.05) is 74.5 Å². The third-order valence-corrected chi connectivity index (χ3v) is 8.61. The predicted molar refractivity (Wildman–Crippen MR) is 110 cm³/mol. The van der Waals surface area contributed by atoms with E-state index in [2.05, 4.69) is 18.6 Å². The minimum atomic E-state index is -3.68. The van der Waals surface area contributed by atoms with Gasteiger partial charge in [0.1, 0.15) is 5.78 Å². The number of benzene rings is 2. The molecule has 2 atom stereocenters. The molecule has 1 N–H and O–H groups in total. The van der Waals surface area contributed by atoms with E-state index in [4.69, 9.17) is 0 Å². The van der Waals surface area contributed by atoms with Crippen molar-refractivity contribution in [2.24, 2.45) is 16.7 Å². The van der Waals surface area contributed by atoms with Gasteiger partial charge >= 0.3 is 0 Å². The van der Waals surface area contributed by atoms with E-state index in [-0.39, 0.29) is 17.0 Å². The first-order valence-electron chi connectivity index (χ1n) is 9.88. The zero-order valence-corrected chi connectivity index (χ0v) is 17.2. The molecule has 2 aromatic rings. The summed E-state index contributed by atoms with van der Waals surface area (Å²) in [7, 11) is -3.68. The Hall–Kier alpha value is -1.98. The van der Waals surface area contributed by atoms with Crippen molar-refractivity contribution in [3.63, 3.8) is 0 Å². The van der Waals surface area contributed by atoms with Crippen molar-refractivity contribution in [2.75, 3.05) is 5.75 Å². The zero-order valence-electron chi connectivity index (χ0n) is 16.4. The van der Waals surface area contributed by atoms with Crippen LogP contribution in [-0.4, -0.2) is 20.0 Å². The molecule has 148 valence electrons. The lowest BCUT2D eigenvalue weighted by Gasteiger charge is -2.36. The van der Waals surface area contributed by atoms with E-state index >= 15 is 0 Å². The van der Waals surface area contributed by atoms with Gasteiger partial charge in [-0.2, -0.15) is 0 Å². The maximum absolute atomic E-state index is 13.3. The van der Waals surface area contributed by atoms with Crippen LogP contribution < -0.4 is 4.72 Å². The SMILES string of the molecule is CC1(C)[C@H]2CC[C@@]1(CS(=O)(=O)NC(c1ccccc1)c1ccccc1)C(=O)C2. The molecule has 4 nitrogen and oxygen atoms in total. The summed E-state index contributed by atoms with van der Waals surface area (Å²) in [5, 5.41) is 0. The fourth-order valence-electron chi connectivity index (χ4n) is 5.27. The normalized spacial score (nSPS) is 26.1. The summed E-state index contributed by atoms with van der Waals surface area (Å²) in [6.07, 6.45) is 2.13. The third kappa shape index (κ3) is 3.11. The average Bonchev–Trinajstić information content (AvgIpc) is 3.01. The monoisotopic (exact) mass is 397 g/mol. The van der Waals surface area contributed by atoms with Crippen LogP contribution in [0.3, 0.4) is 0 Å². The molecule has 0 aliphatic heterocycles. The van der Waals surface area contributed by atoms with Crippen LogP contribution in [0.4, 0.5) is 0 Å². The van der Waals surface area contributed by atoms with Gasteiger partial charge in [-0.15, -0.1) is 0 Å². The van der Waals surface area contributed by atoms with Gasteiger partial charge in [0.05, 0.1) is 11.8 Å². The van der Waals surface area contributed by atoms with E-state index in [0.29, 0.717) is 18.8 Å². The van der Waals surface area contributed by atoms with Crippen molar-refractivity contribution < 1.29 is 13.2 Å². The molecule has 2 bridgehead atoms. The second-order valence-corrected chi connectivity index (χ2v) is 10.6. The topological polar surface area (TPSA) is 63.2 Å². The highest BCUT2D eigenvalue weighted by molar-refractivity contribution is 7.89. The van der Waals surface area contributed by atoms with Crippen molar-refractivity contribution in [1.29, 1.82) is 0 Å². The van der Waals surface area contributed by atoms with Gasteiger partial charge in [0.2, 0.25) is 10.0 Å². The molecule has 0 unspecified atom stereocenters. The lowest BCUT2D eigenvalue weighted by atomic mass is 9.70. The standard InChI is InChI=1S/C23H27NO3S/c1-22(2)19-13-14-23(22,20(25)15-19)16-28(26,27)24-21(17-9-5-3-6-10-17)18-11-7-4-8-12-18/h3-12,19,21,24H,13-16H2,1-2H3/t19-,23+/m0/s1. The van der Waals surface area contributed by atoms with Crippen molar-refractivity contribution in [3.05, 3.63) is 71.8 Å². The van der Waals surface area contributed by atoms with E-state index in [9.17, 15) is 13.2 Å². The van der Waals surface area contributed by atoms with Crippen LogP contribution in [0.5, 0.6) is 0 Å². The molecule has 2 aliphatic rings. The average molecular weight is 398 g/mol. The Bertz CT molecular complexity index is 930. The first-order chi connectivity index (χ1) is 13.3. The lowest BCUT2D eigenvalue weighted by molar-refractivity contribution is -0.128. The van der Waals surface area contributed by atoms with Crippen LogP contribution in [0.15, 0.2) is 60.7 Å². The summed E-state index contributed by atoms with van der Waals surface area (Å²) in [6, 6.07) is 18.7. The summed E-state index contributed by atoms with van der Waals surface area (Å²) in [4.78, 5) is 12.8. The van der Waals surface area contributed by atoms with Gasteiger partial charge in [0.25, 0.3) is 0 Å². The molecule has 2 aliphatic carbocycles. The Morgan fingerprint density at radius 1 is 1.00 bits per heavy atom. The summed E-state index contributed by atoms with van der Waals surface area (Å²) < 4.78 is 29.5. The van der Waals surface area contributed by atoms with Crippen LogP contribution in [0.25, 0.3) is 0 Å². The molecule has 0 heterocycles. The number of carbonyl (C=O) groups excluding carboxylic acids is 1. The van der Waals surface area contributed by atoms with Crippen molar-refractivity contribution in [3.8, 4) is 0 Å². The number of nitrogens with one attached hydrogen (secondary N) is 1. The van der Waals surface area contributed by atoms with Crippen LogP contribution in [0.2, 0.25) is 0 Å². The zero-order chi connectivity index (χ0) is 20.0. The fraction of sp³-hybridized carbons (Fsp3) is 0.435. The smallest absolute Gasteiger partial charge is 0.213 e. The molecular weight excluding hydrogens is 370 g/mol. The number of carbonyl (C=O) groups is 1. The molecule has 28 heavy (non-hydrogen) atoms. The summed E-state index contributed by atoms with van der Waals surface area (Å²) in [5.41, 5.74) is 0.738. The van der Waals surface area contributed by atoms with Gasteiger partial charge in [0.15, 0.2) is 0 Å². The highest BCUT2D eigenvalue weighted by Crippen LogP contribution is 2.64.